The SMILES string of the molecule is N#C/C(C(=O)Nc1ccccc1)=C1/SC(Cc2ccccc2)C(=O)N1c1ccc(F)cc1. The molecule has 0 radical (unpaired) electrons. The molecule has 1 N–H and O–H groups in total. The number of rotatable bonds is 5. The monoisotopic (exact) mass is 443 g/mol. The number of nitrogens with zero attached hydrogens (tertiary/aromatic N) is 2. The molecule has 4 rings (SSSR count). The molecule has 158 valence electrons. The summed E-state index contributed by atoms with van der Waals surface area (Å²) in [6.07, 6.45) is 0.435. The average Bonchev–Trinajstić information content (AvgIpc) is 3.12. The van der Waals surface area contributed by atoms with Gasteiger partial charge in [-0.2, -0.15) is 5.26 Å². The Morgan fingerprint density at radius 2 is 1.62 bits per heavy atom. The van der Waals surface area contributed by atoms with Crippen LogP contribution in [0.25, 0.3) is 0 Å². The highest BCUT2D eigenvalue weighted by Gasteiger charge is 2.40. The Morgan fingerprint density at radius 3 is 2.25 bits per heavy atom. The van der Waals surface area contributed by atoms with Crippen molar-refractivity contribution in [1.29, 1.82) is 5.26 Å². The summed E-state index contributed by atoms with van der Waals surface area (Å²) < 4.78 is 13.5. The minimum Gasteiger partial charge on any atom is -0.321 e. The maximum absolute atomic E-state index is 13.5. The molecule has 1 heterocycles. The van der Waals surface area contributed by atoms with Crippen molar-refractivity contribution in [3.8, 4) is 6.07 Å². The van der Waals surface area contributed by atoms with E-state index < -0.39 is 17.0 Å². The highest BCUT2D eigenvalue weighted by atomic mass is 32.2. The second-order valence-corrected chi connectivity index (χ2v) is 8.25. The first-order valence-electron chi connectivity index (χ1n) is 9.87. The van der Waals surface area contributed by atoms with Crippen LogP contribution in [0.2, 0.25) is 0 Å². The fourth-order valence-electron chi connectivity index (χ4n) is 3.36. The van der Waals surface area contributed by atoms with E-state index in [1.165, 1.54) is 40.9 Å². The van der Waals surface area contributed by atoms with Gasteiger partial charge in [-0.1, -0.05) is 60.3 Å². The van der Waals surface area contributed by atoms with Crippen molar-refractivity contribution in [1.82, 2.24) is 0 Å². The minimum atomic E-state index is -0.610. The quantitative estimate of drug-likeness (QED) is 0.450. The van der Waals surface area contributed by atoms with Crippen LogP contribution >= 0.6 is 11.8 Å². The van der Waals surface area contributed by atoms with E-state index in [9.17, 15) is 19.2 Å². The summed E-state index contributed by atoms with van der Waals surface area (Å²) in [4.78, 5) is 27.6. The Kier molecular flexibility index (Phi) is 6.34. The number of hydrogen-bond donors (Lipinski definition) is 1. The molecule has 1 unspecified atom stereocenters. The second kappa shape index (κ2) is 9.50. The van der Waals surface area contributed by atoms with Crippen LogP contribution in [-0.4, -0.2) is 17.1 Å². The molecule has 0 bridgehead atoms. The van der Waals surface area contributed by atoms with Crippen molar-refractivity contribution in [2.75, 3.05) is 10.2 Å². The predicted octanol–water partition coefficient (Wildman–Crippen LogP) is 4.89. The van der Waals surface area contributed by atoms with Gasteiger partial charge in [0.1, 0.15) is 22.5 Å². The number of thioether (sulfide) groups is 1. The summed E-state index contributed by atoms with van der Waals surface area (Å²) in [5.74, 6) is -1.32. The molecule has 32 heavy (non-hydrogen) atoms. The van der Waals surface area contributed by atoms with Crippen molar-refractivity contribution < 1.29 is 14.0 Å². The van der Waals surface area contributed by atoms with Gasteiger partial charge in [-0.25, -0.2) is 4.39 Å². The second-order valence-electron chi connectivity index (χ2n) is 7.06. The number of halogens is 1. The summed E-state index contributed by atoms with van der Waals surface area (Å²) in [5.41, 5.74) is 1.72. The molecule has 0 aromatic heterocycles. The van der Waals surface area contributed by atoms with Crippen LogP contribution in [0.3, 0.4) is 0 Å². The summed E-state index contributed by atoms with van der Waals surface area (Å²) >= 11 is 1.17. The Balaban J connectivity index is 1.73. The Labute approximate surface area is 189 Å². The van der Waals surface area contributed by atoms with Gasteiger partial charge in [0.15, 0.2) is 0 Å². The van der Waals surface area contributed by atoms with Crippen LogP contribution in [-0.2, 0) is 16.0 Å². The van der Waals surface area contributed by atoms with Crippen molar-refractivity contribution >= 4 is 35.0 Å². The molecular formula is C25H18FN3O2S. The third-order valence-electron chi connectivity index (χ3n) is 4.89. The van der Waals surface area contributed by atoms with Crippen molar-refractivity contribution in [3.05, 3.63) is 107 Å². The van der Waals surface area contributed by atoms with Crippen molar-refractivity contribution in [2.45, 2.75) is 11.7 Å². The van der Waals surface area contributed by atoms with Gasteiger partial charge < -0.3 is 5.32 Å². The number of anilines is 2. The lowest BCUT2D eigenvalue weighted by atomic mass is 10.1. The fourth-order valence-corrected chi connectivity index (χ4v) is 4.66. The highest BCUT2D eigenvalue weighted by molar-refractivity contribution is 8.05. The largest absolute Gasteiger partial charge is 0.321 e. The number of benzene rings is 3. The summed E-state index contributed by atoms with van der Waals surface area (Å²) in [6.45, 7) is 0. The third-order valence-corrected chi connectivity index (χ3v) is 6.15. The fraction of sp³-hybridized carbons (Fsp3) is 0.0800. The lowest BCUT2D eigenvalue weighted by Gasteiger charge is -2.18. The maximum atomic E-state index is 13.5. The van der Waals surface area contributed by atoms with E-state index in [1.807, 2.05) is 42.5 Å². The van der Waals surface area contributed by atoms with E-state index >= 15 is 0 Å². The van der Waals surface area contributed by atoms with Crippen molar-refractivity contribution in [3.63, 3.8) is 0 Å². The Hall–Kier alpha value is -3.89. The van der Waals surface area contributed by atoms with E-state index in [0.29, 0.717) is 17.8 Å². The zero-order valence-electron chi connectivity index (χ0n) is 16.9. The number of nitrogens with one attached hydrogen (secondary N) is 1. The standard InChI is InChI=1S/C25H18FN3O2S/c26-18-11-13-20(14-12-18)29-24(31)22(15-17-7-3-1-4-8-17)32-25(29)21(16-27)23(30)28-19-9-5-2-6-10-19/h1-14,22H,15H2,(H,28,30)/b25-21-. The lowest BCUT2D eigenvalue weighted by molar-refractivity contribution is -0.117. The molecular weight excluding hydrogens is 425 g/mol. The smallest absolute Gasteiger partial charge is 0.269 e. The number of carbonyl (C=O) groups excluding carboxylic acids is 2. The molecule has 0 spiro atoms. The van der Waals surface area contributed by atoms with Gasteiger partial charge in [-0.3, -0.25) is 14.5 Å². The number of hydrogen-bond acceptors (Lipinski definition) is 4. The molecule has 3 aromatic rings. The molecule has 1 aliphatic heterocycles. The van der Waals surface area contributed by atoms with E-state index in [1.54, 1.807) is 24.3 Å². The molecule has 1 fully saturated rings. The van der Waals surface area contributed by atoms with Gasteiger partial charge in [0.2, 0.25) is 5.91 Å². The predicted molar refractivity (Wildman–Crippen MR) is 123 cm³/mol. The molecule has 5 nitrogen and oxygen atoms in total. The van der Waals surface area contributed by atoms with Gasteiger partial charge in [0.05, 0.1) is 5.25 Å². The van der Waals surface area contributed by atoms with E-state index in [4.69, 9.17) is 0 Å². The average molecular weight is 444 g/mol. The highest BCUT2D eigenvalue weighted by Crippen LogP contribution is 2.42. The van der Waals surface area contributed by atoms with Crippen molar-refractivity contribution in [2.24, 2.45) is 0 Å². The minimum absolute atomic E-state index is 0.174. The van der Waals surface area contributed by atoms with Gasteiger partial charge >= 0.3 is 0 Å². The summed E-state index contributed by atoms with van der Waals surface area (Å²) in [7, 11) is 0. The van der Waals surface area contributed by atoms with Gasteiger partial charge in [0, 0.05) is 11.4 Å². The molecule has 0 aliphatic carbocycles. The molecule has 7 heteroatoms. The van der Waals surface area contributed by atoms with Gasteiger partial charge in [-0.05, 0) is 48.4 Å². The first kappa shape index (κ1) is 21.3. The Bertz CT molecular complexity index is 1210. The maximum Gasteiger partial charge on any atom is 0.269 e. The molecule has 1 atom stereocenters. The van der Waals surface area contributed by atoms with Crippen LogP contribution in [0.5, 0.6) is 0 Å². The third kappa shape index (κ3) is 4.56. The molecule has 0 saturated carbocycles. The van der Waals surface area contributed by atoms with E-state index in [2.05, 4.69) is 5.32 Å². The molecule has 3 aromatic carbocycles. The van der Waals surface area contributed by atoms with Gasteiger partial charge in [0.25, 0.3) is 5.91 Å². The van der Waals surface area contributed by atoms with Crippen LogP contribution in [0.1, 0.15) is 5.56 Å². The first-order valence-corrected chi connectivity index (χ1v) is 10.8. The number of carbonyl (C=O) groups is 2. The van der Waals surface area contributed by atoms with Gasteiger partial charge in [-0.15, -0.1) is 0 Å². The van der Waals surface area contributed by atoms with Crippen LogP contribution < -0.4 is 10.2 Å². The number of amides is 2. The molecule has 2 amide bonds. The van der Waals surface area contributed by atoms with Crippen LogP contribution in [0, 0.1) is 17.1 Å². The topological polar surface area (TPSA) is 73.2 Å². The zero-order valence-corrected chi connectivity index (χ0v) is 17.7. The molecule has 1 aliphatic rings. The van der Waals surface area contributed by atoms with Crippen LogP contribution in [0.15, 0.2) is 95.5 Å². The van der Waals surface area contributed by atoms with E-state index in [0.717, 1.165) is 5.56 Å². The van der Waals surface area contributed by atoms with Crippen LogP contribution in [0.4, 0.5) is 15.8 Å². The number of para-hydroxylation sites is 1. The normalized spacial score (nSPS) is 17.1. The summed E-state index contributed by atoms with van der Waals surface area (Å²) in [5, 5.41) is 12.2. The Morgan fingerprint density at radius 1 is 1.00 bits per heavy atom. The molecule has 1 saturated heterocycles. The first-order chi connectivity index (χ1) is 15.6. The number of nitriles is 1. The lowest BCUT2D eigenvalue weighted by Crippen LogP contribution is -2.30. The summed E-state index contributed by atoms with van der Waals surface area (Å²) in [6, 6.07) is 25.6. The van der Waals surface area contributed by atoms with E-state index in [-0.39, 0.29) is 16.5 Å². The zero-order chi connectivity index (χ0) is 22.5.